The van der Waals surface area contributed by atoms with Gasteiger partial charge < -0.3 is 5.32 Å². The molecule has 1 saturated heterocycles. The van der Waals surface area contributed by atoms with Crippen molar-refractivity contribution in [1.29, 1.82) is 0 Å². The fourth-order valence-electron chi connectivity index (χ4n) is 3.41. The summed E-state index contributed by atoms with van der Waals surface area (Å²) in [5.41, 5.74) is 2.45. The van der Waals surface area contributed by atoms with Gasteiger partial charge in [0.15, 0.2) is 0 Å². The van der Waals surface area contributed by atoms with Crippen LogP contribution in [0.4, 0.5) is 0 Å². The molecule has 2 aromatic rings. The molecular formula is C19H28N4O. The van der Waals surface area contributed by atoms with Crippen LogP contribution in [0.1, 0.15) is 62.4 Å². The first-order valence-electron chi connectivity index (χ1n) is 9.07. The van der Waals surface area contributed by atoms with Gasteiger partial charge in [0.05, 0.1) is 6.54 Å². The van der Waals surface area contributed by atoms with E-state index in [1.807, 2.05) is 11.5 Å². The van der Waals surface area contributed by atoms with Crippen LogP contribution in [0.5, 0.6) is 0 Å². The van der Waals surface area contributed by atoms with Crippen molar-refractivity contribution < 1.29 is 0 Å². The molecule has 0 saturated carbocycles. The molecule has 1 N–H and O–H groups in total. The Balaban J connectivity index is 1.85. The molecule has 24 heavy (non-hydrogen) atoms. The van der Waals surface area contributed by atoms with Crippen LogP contribution in [0, 0.1) is 0 Å². The second kappa shape index (κ2) is 7.34. The average molecular weight is 328 g/mol. The van der Waals surface area contributed by atoms with Crippen molar-refractivity contribution >= 4 is 0 Å². The zero-order valence-corrected chi connectivity index (χ0v) is 15.0. The molecule has 5 nitrogen and oxygen atoms in total. The molecule has 0 bridgehead atoms. The molecule has 0 radical (unpaired) electrons. The molecule has 0 aliphatic carbocycles. The highest BCUT2D eigenvalue weighted by atomic mass is 16.2. The van der Waals surface area contributed by atoms with E-state index in [1.54, 1.807) is 4.68 Å². The Bertz CT molecular complexity index is 721. The molecule has 0 spiro atoms. The minimum atomic E-state index is 0.00556. The summed E-state index contributed by atoms with van der Waals surface area (Å²) in [6, 6.07) is 8.50. The Labute approximate surface area is 143 Å². The van der Waals surface area contributed by atoms with Gasteiger partial charge in [0, 0.05) is 19.0 Å². The first kappa shape index (κ1) is 17.0. The molecule has 1 unspecified atom stereocenters. The maximum atomic E-state index is 12.7. The molecule has 2 heterocycles. The van der Waals surface area contributed by atoms with Gasteiger partial charge in [0.1, 0.15) is 5.82 Å². The normalized spacial score (nSPS) is 18.2. The van der Waals surface area contributed by atoms with Gasteiger partial charge in [-0.2, -0.15) is 5.10 Å². The number of benzene rings is 1. The fourth-order valence-corrected chi connectivity index (χ4v) is 3.41. The highest BCUT2D eigenvalue weighted by molar-refractivity contribution is 5.24. The van der Waals surface area contributed by atoms with Gasteiger partial charge in [0.2, 0.25) is 0 Å². The number of aromatic nitrogens is 3. The Hall–Kier alpha value is -1.88. The highest BCUT2D eigenvalue weighted by Crippen LogP contribution is 2.21. The third-order valence-corrected chi connectivity index (χ3v) is 4.91. The van der Waals surface area contributed by atoms with Crippen molar-refractivity contribution in [2.75, 3.05) is 13.1 Å². The van der Waals surface area contributed by atoms with Crippen LogP contribution in [-0.4, -0.2) is 27.4 Å². The summed E-state index contributed by atoms with van der Waals surface area (Å²) in [6.45, 7) is 9.59. The largest absolute Gasteiger partial charge is 0.346 e. The minimum absolute atomic E-state index is 0.00556. The van der Waals surface area contributed by atoms with E-state index < -0.39 is 0 Å². The van der Waals surface area contributed by atoms with Crippen LogP contribution >= 0.6 is 0 Å². The summed E-state index contributed by atoms with van der Waals surface area (Å²) in [7, 11) is 0. The van der Waals surface area contributed by atoms with Crippen LogP contribution < -0.4 is 11.0 Å². The van der Waals surface area contributed by atoms with E-state index >= 15 is 0 Å². The Morgan fingerprint density at radius 2 is 2.04 bits per heavy atom. The molecular weight excluding hydrogens is 300 g/mol. The highest BCUT2D eigenvalue weighted by Gasteiger charge is 2.23. The molecule has 3 rings (SSSR count). The summed E-state index contributed by atoms with van der Waals surface area (Å²) >= 11 is 0. The van der Waals surface area contributed by atoms with Crippen LogP contribution in [0.3, 0.4) is 0 Å². The van der Waals surface area contributed by atoms with Gasteiger partial charge in [-0.1, -0.05) is 38.1 Å². The number of hydrogen-bond donors (Lipinski definition) is 1. The van der Waals surface area contributed by atoms with Gasteiger partial charge in [0.25, 0.3) is 0 Å². The summed E-state index contributed by atoms with van der Waals surface area (Å²) in [6.07, 6.45) is 2.25. The lowest BCUT2D eigenvalue weighted by atomic mass is 9.99. The van der Waals surface area contributed by atoms with Crippen LogP contribution in [0.15, 0.2) is 29.1 Å². The summed E-state index contributed by atoms with van der Waals surface area (Å²) < 4.78 is 3.46. The van der Waals surface area contributed by atoms with Crippen molar-refractivity contribution in [3.63, 3.8) is 0 Å². The maximum Gasteiger partial charge on any atom is 0.346 e. The lowest BCUT2D eigenvalue weighted by molar-refractivity contribution is 0.431. The van der Waals surface area contributed by atoms with Crippen molar-refractivity contribution in [3.05, 3.63) is 51.7 Å². The van der Waals surface area contributed by atoms with E-state index in [2.05, 4.69) is 48.5 Å². The summed E-state index contributed by atoms with van der Waals surface area (Å²) in [5, 5.41) is 8.10. The third-order valence-electron chi connectivity index (χ3n) is 4.91. The number of hydrogen-bond acceptors (Lipinski definition) is 3. The quantitative estimate of drug-likeness (QED) is 0.918. The lowest BCUT2D eigenvalue weighted by Gasteiger charge is -2.21. The SMILES string of the molecule is CCn1c(C2CCCNC2)nn(Cc2ccc(C(C)C)cc2)c1=O. The molecule has 1 aromatic heterocycles. The van der Waals surface area contributed by atoms with Crippen LogP contribution in [-0.2, 0) is 13.1 Å². The number of nitrogens with zero attached hydrogens (tertiary/aromatic N) is 3. The van der Waals surface area contributed by atoms with Gasteiger partial charge in [-0.15, -0.1) is 0 Å². The van der Waals surface area contributed by atoms with E-state index in [4.69, 9.17) is 0 Å². The third kappa shape index (κ3) is 3.46. The summed E-state index contributed by atoms with van der Waals surface area (Å²) in [5.74, 6) is 1.80. The standard InChI is InChI=1S/C19H28N4O/c1-4-22-18(17-6-5-11-20-12-17)21-23(19(22)24)13-15-7-9-16(10-8-15)14(2)3/h7-10,14,17,20H,4-6,11-13H2,1-3H3. The van der Waals surface area contributed by atoms with Crippen molar-refractivity contribution in [2.24, 2.45) is 0 Å². The zero-order chi connectivity index (χ0) is 17.1. The van der Waals surface area contributed by atoms with Crippen molar-refractivity contribution in [2.45, 2.75) is 58.5 Å². The van der Waals surface area contributed by atoms with Crippen LogP contribution in [0.2, 0.25) is 0 Å². The van der Waals surface area contributed by atoms with Crippen molar-refractivity contribution in [1.82, 2.24) is 19.7 Å². The fraction of sp³-hybridized carbons (Fsp3) is 0.579. The van der Waals surface area contributed by atoms with Crippen LogP contribution in [0.25, 0.3) is 0 Å². The molecule has 1 atom stereocenters. The molecule has 1 aliphatic heterocycles. The average Bonchev–Trinajstić information content (AvgIpc) is 2.92. The van der Waals surface area contributed by atoms with E-state index in [1.165, 1.54) is 5.56 Å². The van der Waals surface area contributed by atoms with Gasteiger partial charge >= 0.3 is 5.69 Å². The second-order valence-electron chi connectivity index (χ2n) is 6.98. The predicted molar refractivity (Wildman–Crippen MR) is 96.6 cm³/mol. The summed E-state index contributed by atoms with van der Waals surface area (Å²) in [4.78, 5) is 12.7. The second-order valence-corrected chi connectivity index (χ2v) is 6.98. The molecule has 1 aromatic carbocycles. The van der Waals surface area contributed by atoms with E-state index in [0.29, 0.717) is 24.9 Å². The number of rotatable bonds is 5. The zero-order valence-electron chi connectivity index (χ0n) is 15.0. The molecule has 5 heteroatoms. The smallest absolute Gasteiger partial charge is 0.316 e. The molecule has 130 valence electrons. The topological polar surface area (TPSA) is 51.9 Å². The van der Waals surface area contributed by atoms with E-state index in [9.17, 15) is 4.79 Å². The predicted octanol–water partition coefficient (Wildman–Crippen LogP) is 2.70. The monoisotopic (exact) mass is 328 g/mol. The van der Waals surface area contributed by atoms with E-state index in [0.717, 1.165) is 37.3 Å². The minimum Gasteiger partial charge on any atom is -0.316 e. The number of nitrogens with one attached hydrogen (secondary N) is 1. The van der Waals surface area contributed by atoms with E-state index in [-0.39, 0.29) is 5.69 Å². The Kier molecular flexibility index (Phi) is 5.19. The molecule has 1 aliphatic rings. The Morgan fingerprint density at radius 1 is 1.29 bits per heavy atom. The van der Waals surface area contributed by atoms with Crippen molar-refractivity contribution in [3.8, 4) is 0 Å². The number of piperidine rings is 1. The first-order valence-corrected chi connectivity index (χ1v) is 9.07. The Morgan fingerprint density at radius 3 is 2.62 bits per heavy atom. The van der Waals surface area contributed by atoms with Gasteiger partial charge in [-0.3, -0.25) is 4.57 Å². The molecule has 0 amide bonds. The maximum absolute atomic E-state index is 12.7. The van der Waals surface area contributed by atoms with Gasteiger partial charge in [-0.25, -0.2) is 9.48 Å². The van der Waals surface area contributed by atoms with Gasteiger partial charge in [-0.05, 0) is 43.4 Å². The molecule has 1 fully saturated rings. The first-order chi connectivity index (χ1) is 11.6. The lowest BCUT2D eigenvalue weighted by Crippen LogP contribution is -2.31.